The average molecular weight is 272 g/mol. The van der Waals surface area contributed by atoms with E-state index in [9.17, 15) is 4.79 Å². The van der Waals surface area contributed by atoms with Crippen LogP contribution in [0.15, 0.2) is 12.1 Å². The Kier molecular flexibility index (Phi) is 3.83. The maximum atomic E-state index is 12.2. The van der Waals surface area contributed by atoms with Gasteiger partial charge in [-0.25, -0.2) is 0 Å². The summed E-state index contributed by atoms with van der Waals surface area (Å²) >= 11 is 0. The number of fused-ring (bicyclic) bond motifs is 1. The van der Waals surface area contributed by atoms with Crippen molar-refractivity contribution in [3.05, 3.63) is 34.4 Å². The fourth-order valence-corrected chi connectivity index (χ4v) is 3.95. The minimum Gasteiger partial charge on any atom is -0.294 e. The molecule has 2 rings (SSSR count). The van der Waals surface area contributed by atoms with Gasteiger partial charge in [0, 0.05) is 12.0 Å². The molecule has 0 saturated carbocycles. The highest BCUT2D eigenvalue weighted by atomic mass is 16.1. The average Bonchev–Trinajstić information content (AvgIpc) is 2.56. The van der Waals surface area contributed by atoms with Crippen LogP contribution in [0, 0.1) is 18.8 Å². The Balaban J connectivity index is 2.66. The molecule has 0 aromatic heterocycles. The minimum atomic E-state index is 0.197. The molecule has 1 heteroatoms. The van der Waals surface area contributed by atoms with Crippen molar-refractivity contribution in [3.8, 4) is 0 Å². The monoisotopic (exact) mass is 272 g/mol. The van der Waals surface area contributed by atoms with E-state index in [1.807, 2.05) is 6.92 Å². The van der Waals surface area contributed by atoms with Crippen LogP contribution in [0.3, 0.4) is 0 Å². The highest BCUT2D eigenvalue weighted by Gasteiger charge is 2.44. The zero-order valence-electron chi connectivity index (χ0n) is 14.0. The van der Waals surface area contributed by atoms with Crippen molar-refractivity contribution in [2.45, 2.75) is 66.2 Å². The smallest absolute Gasteiger partial charge is 0.162 e. The predicted octanol–water partition coefficient (Wildman–Crippen LogP) is 5.25. The molecule has 2 atom stereocenters. The fourth-order valence-electron chi connectivity index (χ4n) is 3.95. The number of ketones is 1. The van der Waals surface area contributed by atoms with Crippen molar-refractivity contribution in [1.29, 1.82) is 0 Å². The van der Waals surface area contributed by atoms with Crippen LogP contribution >= 0.6 is 0 Å². The summed E-state index contributed by atoms with van der Waals surface area (Å²) in [5, 5.41) is 0. The molecule has 1 aromatic carbocycles. The van der Waals surface area contributed by atoms with Crippen LogP contribution in [0.1, 0.15) is 80.9 Å². The number of hydrogen-bond acceptors (Lipinski definition) is 1. The molecular weight excluding hydrogens is 244 g/mol. The molecule has 1 aliphatic rings. The molecule has 20 heavy (non-hydrogen) atoms. The molecule has 0 spiro atoms. The first kappa shape index (κ1) is 15.3. The molecule has 2 unspecified atom stereocenters. The van der Waals surface area contributed by atoms with E-state index in [1.54, 1.807) is 0 Å². The summed E-state index contributed by atoms with van der Waals surface area (Å²) in [6, 6.07) is 4.48. The van der Waals surface area contributed by atoms with Gasteiger partial charge in [-0.15, -0.1) is 0 Å². The summed E-state index contributed by atoms with van der Waals surface area (Å²) in [5.41, 5.74) is 5.14. The molecule has 0 radical (unpaired) electrons. The highest BCUT2D eigenvalue weighted by molar-refractivity contribution is 5.97. The number of aryl methyl sites for hydroxylation is 1. The first-order valence-corrected chi connectivity index (χ1v) is 7.90. The summed E-state index contributed by atoms with van der Waals surface area (Å²) in [6.07, 6.45) is 0.588. The standard InChI is InChI=1S/C19H28O/c1-8-17(20)14-10-15-16(9-12(14)4)19(6,7)13(5)18(15)11(2)3/h9-11,13,18H,8H2,1-7H3. The van der Waals surface area contributed by atoms with Gasteiger partial charge in [0.1, 0.15) is 0 Å². The molecule has 110 valence electrons. The van der Waals surface area contributed by atoms with E-state index in [-0.39, 0.29) is 11.2 Å². The second-order valence-electron chi connectivity index (χ2n) is 7.31. The molecular formula is C19H28O. The third kappa shape index (κ3) is 2.12. The van der Waals surface area contributed by atoms with Crippen LogP contribution in [0.5, 0.6) is 0 Å². The maximum Gasteiger partial charge on any atom is 0.162 e. The Labute approximate surface area is 123 Å². The summed E-state index contributed by atoms with van der Waals surface area (Å²) in [7, 11) is 0. The number of benzene rings is 1. The lowest BCUT2D eigenvalue weighted by atomic mass is 9.74. The number of carbonyl (C=O) groups excluding carboxylic acids is 1. The normalized spacial score (nSPS) is 24.0. The van der Waals surface area contributed by atoms with E-state index in [1.165, 1.54) is 11.1 Å². The lowest BCUT2D eigenvalue weighted by molar-refractivity contribution is 0.0987. The molecule has 0 bridgehead atoms. The van der Waals surface area contributed by atoms with E-state index >= 15 is 0 Å². The fraction of sp³-hybridized carbons (Fsp3) is 0.632. The Morgan fingerprint density at radius 3 is 2.40 bits per heavy atom. The Morgan fingerprint density at radius 1 is 1.30 bits per heavy atom. The van der Waals surface area contributed by atoms with Crippen molar-refractivity contribution in [3.63, 3.8) is 0 Å². The largest absolute Gasteiger partial charge is 0.294 e. The quantitative estimate of drug-likeness (QED) is 0.686. The molecule has 0 heterocycles. The van der Waals surface area contributed by atoms with Gasteiger partial charge in [0.15, 0.2) is 5.78 Å². The topological polar surface area (TPSA) is 17.1 Å². The Hall–Kier alpha value is -1.11. The van der Waals surface area contributed by atoms with Gasteiger partial charge in [-0.3, -0.25) is 4.79 Å². The zero-order valence-corrected chi connectivity index (χ0v) is 14.0. The molecule has 1 aromatic rings. The number of Topliss-reactive ketones (excluding diaryl/α,β-unsaturated/α-hetero) is 1. The lowest BCUT2D eigenvalue weighted by Gasteiger charge is -2.30. The van der Waals surface area contributed by atoms with Gasteiger partial charge in [0.25, 0.3) is 0 Å². The van der Waals surface area contributed by atoms with Gasteiger partial charge in [-0.2, -0.15) is 0 Å². The van der Waals surface area contributed by atoms with Crippen LogP contribution in [-0.2, 0) is 5.41 Å². The van der Waals surface area contributed by atoms with Crippen molar-refractivity contribution in [2.75, 3.05) is 0 Å². The zero-order chi connectivity index (χ0) is 15.2. The summed E-state index contributed by atoms with van der Waals surface area (Å²) in [6.45, 7) is 15.7. The number of rotatable bonds is 3. The van der Waals surface area contributed by atoms with Crippen molar-refractivity contribution in [2.24, 2.45) is 11.8 Å². The number of hydrogen-bond donors (Lipinski definition) is 0. The van der Waals surface area contributed by atoms with Gasteiger partial charge in [-0.05, 0) is 52.8 Å². The summed E-state index contributed by atoms with van der Waals surface area (Å²) in [4.78, 5) is 12.2. The third-order valence-corrected chi connectivity index (χ3v) is 5.47. The molecule has 0 aliphatic heterocycles. The molecule has 1 nitrogen and oxygen atoms in total. The summed E-state index contributed by atoms with van der Waals surface area (Å²) in [5.74, 6) is 2.05. The first-order valence-electron chi connectivity index (χ1n) is 7.90. The molecule has 0 fully saturated rings. The number of carbonyl (C=O) groups is 1. The molecule has 1 aliphatic carbocycles. The highest BCUT2D eigenvalue weighted by Crippen LogP contribution is 2.53. The van der Waals surface area contributed by atoms with Crippen molar-refractivity contribution >= 4 is 5.78 Å². The van der Waals surface area contributed by atoms with Crippen molar-refractivity contribution < 1.29 is 4.79 Å². The molecule has 0 saturated heterocycles. The Bertz CT molecular complexity index is 537. The van der Waals surface area contributed by atoms with E-state index < -0.39 is 0 Å². The van der Waals surface area contributed by atoms with Gasteiger partial charge >= 0.3 is 0 Å². The minimum absolute atomic E-state index is 0.197. The second-order valence-corrected chi connectivity index (χ2v) is 7.31. The van der Waals surface area contributed by atoms with E-state index in [2.05, 4.69) is 53.7 Å². The molecule has 0 amide bonds. The SMILES string of the molecule is CCC(=O)c1cc2c(cc1C)C(C)(C)C(C)C2C(C)C. The lowest BCUT2D eigenvalue weighted by Crippen LogP contribution is -2.25. The predicted molar refractivity (Wildman–Crippen MR) is 85.6 cm³/mol. The first-order chi connectivity index (χ1) is 9.21. The van der Waals surface area contributed by atoms with Crippen LogP contribution in [-0.4, -0.2) is 5.78 Å². The van der Waals surface area contributed by atoms with E-state index in [4.69, 9.17) is 0 Å². The summed E-state index contributed by atoms with van der Waals surface area (Å²) < 4.78 is 0. The van der Waals surface area contributed by atoms with Crippen LogP contribution in [0.4, 0.5) is 0 Å². The second kappa shape index (κ2) is 5.02. The van der Waals surface area contributed by atoms with Gasteiger partial charge < -0.3 is 0 Å². The van der Waals surface area contributed by atoms with Gasteiger partial charge in [0.2, 0.25) is 0 Å². The van der Waals surface area contributed by atoms with Crippen LogP contribution in [0.2, 0.25) is 0 Å². The van der Waals surface area contributed by atoms with Gasteiger partial charge in [0.05, 0.1) is 0 Å². The van der Waals surface area contributed by atoms with Crippen LogP contribution in [0.25, 0.3) is 0 Å². The molecule has 0 N–H and O–H groups in total. The van der Waals surface area contributed by atoms with Gasteiger partial charge in [-0.1, -0.05) is 47.6 Å². The Morgan fingerprint density at radius 2 is 1.90 bits per heavy atom. The van der Waals surface area contributed by atoms with Crippen LogP contribution < -0.4 is 0 Å². The van der Waals surface area contributed by atoms with E-state index in [0.29, 0.717) is 24.2 Å². The van der Waals surface area contributed by atoms with E-state index in [0.717, 1.165) is 11.1 Å². The maximum absolute atomic E-state index is 12.2. The third-order valence-electron chi connectivity index (χ3n) is 5.47. The van der Waals surface area contributed by atoms with Crippen molar-refractivity contribution in [1.82, 2.24) is 0 Å².